The average Bonchev–Trinajstić information content (AvgIpc) is 3.11. The van der Waals surface area contributed by atoms with Gasteiger partial charge in [0.25, 0.3) is 11.8 Å². The number of halogens is 1. The average molecular weight is 348 g/mol. The standard InChI is InChI=1S/C19H13FN4O2/c20-13-5-3-7-15-12(13)10-17(22-15)19(26)24-23-18(25)16-9-8-11-4-1-2-6-14(11)21-16/h1-10,22H,(H,23,25)(H,24,26). The first kappa shape index (κ1) is 15.8. The minimum Gasteiger partial charge on any atom is -0.350 e. The van der Waals surface area contributed by atoms with Crippen LogP contribution in [0, 0.1) is 5.82 Å². The number of nitrogens with zero attached hydrogens (tertiary/aromatic N) is 1. The Labute approximate surface area is 147 Å². The van der Waals surface area contributed by atoms with Crippen molar-refractivity contribution in [2.75, 3.05) is 0 Å². The first-order chi connectivity index (χ1) is 12.6. The number of aromatic amines is 1. The number of hydrazine groups is 1. The van der Waals surface area contributed by atoms with Gasteiger partial charge in [0, 0.05) is 16.3 Å². The predicted octanol–water partition coefficient (Wildman–Crippen LogP) is 2.93. The monoisotopic (exact) mass is 348 g/mol. The van der Waals surface area contributed by atoms with Crippen LogP contribution >= 0.6 is 0 Å². The lowest BCUT2D eigenvalue weighted by Crippen LogP contribution is -2.42. The summed E-state index contributed by atoms with van der Waals surface area (Å²) in [6.07, 6.45) is 0. The van der Waals surface area contributed by atoms with Gasteiger partial charge < -0.3 is 4.98 Å². The third-order valence-corrected chi connectivity index (χ3v) is 3.98. The zero-order chi connectivity index (χ0) is 18.1. The van der Waals surface area contributed by atoms with Gasteiger partial charge in [-0.1, -0.05) is 30.3 Å². The third-order valence-electron chi connectivity index (χ3n) is 3.98. The second-order valence-corrected chi connectivity index (χ2v) is 5.68. The van der Waals surface area contributed by atoms with Crippen LogP contribution in [0.3, 0.4) is 0 Å². The second kappa shape index (κ2) is 6.29. The maximum absolute atomic E-state index is 13.7. The number of para-hydroxylation sites is 1. The first-order valence-corrected chi connectivity index (χ1v) is 7.85. The maximum atomic E-state index is 13.7. The summed E-state index contributed by atoms with van der Waals surface area (Å²) in [4.78, 5) is 31.4. The number of pyridine rings is 1. The predicted molar refractivity (Wildman–Crippen MR) is 94.9 cm³/mol. The summed E-state index contributed by atoms with van der Waals surface area (Å²) < 4.78 is 13.7. The van der Waals surface area contributed by atoms with Crippen molar-refractivity contribution in [2.45, 2.75) is 0 Å². The van der Waals surface area contributed by atoms with E-state index in [1.165, 1.54) is 12.1 Å². The van der Waals surface area contributed by atoms with Gasteiger partial charge in [0.1, 0.15) is 17.2 Å². The van der Waals surface area contributed by atoms with Crippen molar-refractivity contribution in [2.24, 2.45) is 0 Å². The normalized spacial score (nSPS) is 10.8. The lowest BCUT2D eigenvalue weighted by atomic mass is 10.2. The molecular formula is C19H13FN4O2. The van der Waals surface area contributed by atoms with Crippen molar-refractivity contribution in [3.05, 3.63) is 77.9 Å². The number of fused-ring (bicyclic) bond motifs is 2. The number of carbonyl (C=O) groups is 2. The Bertz CT molecular complexity index is 1150. The van der Waals surface area contributed by atoms with E-state index in [0.717, 1.165) is 5.39 Å². The van der Waals surface area contributed by atoms with Crippen LogP contribution in [0.15, 0.2) is 60.7 Å². The number of amides is 2. The molecule has 0 saturated carbocycles. The highest BCUT2D eigenvalue weighted by molar-refractivity contribution is 6.01. The van der Waals surface area contributed by atoms with Gasteiger partial charge in [-0.25, -0.2) is 9.37 Å². The summed E-state index contributed by atoms with van der Waals surface area (Å²) in [5.74, 6) is -1.57. The maximum Gasteiger partial charge on any atom is 0.288 e. The fraction of sp³-hybridized carbons (Fsp3) is 0. The number of H-pyrrole nitrogens is 1. The Morgan fingerprint density at radius 3 is 2.58 bits per heavy atom. The van der Waals surface area contributed by atoms with Crippen LogP contribution in [-0.2, 0) is 0 Å². The van der Waals surface area contributed by atoms with Gasteiger partial charge in [-0.15, -0.1) is 0 Å². The van der Waals surface area contributed by atoms with E-state index >= 15 is 0 Å². The number of hydrogen-bond acceptors (Lipinski definition) is 3. The molecule has 0 radical (unpaired) electrons. The molecule has 2 aromatic heterocycles. The molecule has 4 rings (SSSR count). The molecule has 128 valence electrons. The zero-order valence-electron chi connectivity index (χ0n) is 13.4. The van der Waals surface area contributed by atoms with Crippen LogP contribution in [0.5, 0.6) is 0 Å². The molecule has 0 fully saturated rings. The van der Waals surface area contributed by atoms with Crippen LogP contribution in [0.1, 0.15) is 21.0 Å². The van der Waals surface area contributed by atoms with Gasteiger partial charge in [0.2, 0.25) is 0 Å². The minimum absolute atomic E-state index is 0.136. The molecule has 0 bridgehead atoms. The Morgan fingerprint density at radius 2 is 1.73 bits per heavy atom. The van der Waals surface area contributed by atoms with Crippen molar-refractivity contribution in [3.8, 4) is 0 Å². The van der Waals surface area contributed by atoms with E-state index in [1.807, 2.05) is 18.2 Å². The number of hydrogen-bond donors (Lipinski definition) is 3. The summed E-state index contributed by atoms with van der Waals surface area (Å²) in [7, 11) is 0. The van der Waals surface area contributed by atoms with Crippen molar-refractivity contribution < 1.29 is 14.0 Å². The number of rotatable bonds is 2. The molecule has 3 N–H and O–H groups in total. The van der Waals surface area contributed by atoms with Crippen LogP contribution in [0.2, 0.25) is 0 Å². The summed E-state index contributed by atoms with van der Waals surface area (Å²) in [6, 6.07) is 16.6. The molecule has 0 saturated heterocycles. The SMILES string of the molecule is O=C(NNC(=O)c1cc2c(F)cccc2[nH]1)c1ccc2ccccc2n1. The number of nitrogens with one attached hydrogen (secondary N) is 3. The van der Waals surface area contributed by atoms with Crippen LogP contribution in [0.4, 0.5) is 4.39 Å². The Kier molecular flexibility index (Phi) is 3.81. The van der Waals surface area contributed by atoms with E-state index < -0.39 is 17.6 Å². The molecule has 0 aliphatic carbocycles. The van der Waals surface area contributed by atoms with Gasteiger partial charge in [-0.05, 0) is 30.3 Å². The van der Waals surface area contributed by atoms with E-state index in [2.05, 4.69) is 20.8 Å². The molecule has 0 atom stereocenters. The fourth-order valence-corrected chi connectivity index (χ4v) is 2.68. The minimum atomic E-state index is -0.588. The number of aromatic nitrogens is 2. The quantitative estimate of drug-likeness (QED) is 0.487. The van der Waals surface area contributed by atoms with Gasteiger partial charge >= 0.3 is 0 Å². The van der Waals surface area contributed by atoms with Crippen LogP contribution in [-0.4, -0.2) is 21.8 Å². The molecule has 0 aliphatic heterocycles. The Morgan fingerprint density at radius 1 is 0.923 bits per heavy atom. The van der Waals surface area contributed by atoms with E-state index in [1.54, 1.807) is 30.3 Å². The number of carbonyl (C=O) groups excluding carboxylic acids is 2. The first-order valence-electron chi connectivity index (χ1n) is 7.85. The van der Waals surface area contributed by atoms with Gasteiger partial charge in [-0.2, -0.15) is 0 Å². The van der Waals surface area contributed by atoms with E-state index in [9.17, 15) is 14.0 Å². The molecule has 6 nitrogen and oxygen atoms in total. The van der Waals surface area contributed by atoms with Crippen molar-refractivity contribution in [1.29, 1.82) is 0 Å². The molecule has 2 aromatic carbocycles. The molecular weight excluding hydrogens is 335 g/mol. The highest BCUT2D eigenvalue weighted by Crippen LogP contribution is 2.18. The smallest absolute Gasteiger partial charge is 0.288 e. The summed E-state index contributed by atoms with van der Waals surface area (Å²) >= 11 is 0. The lowest BCUT2D eigenvalue weighted by molar-refractivity contribution is 0.0842. The molecule has 4 aromatic rings. The van der Waals surface area contributed by atoms with E-state index in [4.69, 9.17) is 0 Å². The summed E-state index contributed by atoms with van der Waals surface area (Å²) in [5.41, 5.74) is 6.08. The zero-order valence-corrected chi connectivity index (χ0v) is 13.4. The number of benzene rings is 2. The molecule has 7 heteroatoms. The van der Waals surface area contributed by atoms with Crippen molar-refractivity contribution >= 4 is 33.6 Å². The molecule has 2 amide bonds. The largest absolute Gasteiger partial charge is 0.350 e. The summed E-state index contributed by atoms with van der Waals surface area (Å²) in [5, 5.41) is 1.22. The van der Waals surface area contributed by atoms with Crippen LogP contribution in [0.25, 0.3) is 21.8 Å². The van der Waals surface area contributed by atoms with Gasteiger partial charge in [-0.3, -0.25) is 20.4 Å². The fourth-order valence-electron chi connectivity index (χ4n) is 2.68. The molecule has 0 aliphatic rings. The molecule has 2 heterocycles. The van der Waals surface area contributed by atoms with Crippen LogP contribution < -0.4 is 10.9 Å². The summed E-state index contributed by atoms with van der Waals surface area (Å²) in [6.45, 7) is 0. The van der Waals surface area contributed by atoms with E-state index in [0.29, 0.717) is 16.4 Å². The third kappa shape index (κ3) is 2.86. The molecule has 26 heavy (non-hydrogen) atoms. The highest BCUT2D eigenvalue weighted by atomic mass is 19.1. The topological polar surface area (TPSA) is 86.9 Å². The van der Waals surface area contributed by atoms with Gasteiger partial charge in [0.05, 0.1) is 5.52 Å². The van der Waals surface area contributed by atoms with Crippen molar-refractivity contribution in [3.63, 3.8) is 0 Å². The molecule has 0 spiro atoms. The van der Waals surface area contributed by atoms with E-state index in [-0.39, 0.29) is 11.4 Å². The Balaban J connectivity index is 1.48. The highest BCUT2D eigenvalue weighted by Gasteiger charge is 2.14. The van der Waals surface area contributed by atoms with Gasteiger partial charge in [0.15, 0.2) is 0 Å². The van der Waals surface area contributed by atoms with Crippen molar-refractivity contribution in [1.82, 2.24) is 20.8 Å². The second-order valence-electron chi connectivity index (χ2n) is 5.68. The molecule has 0 unspecified atom stereocenters. The Hall–Kier alpha value is -3.74. The lowest BCUT2D eigenvalue weighted by Gasteiger charge is -2.06.